The van der Waals surface area contributed by atoms with Gasteiger partial charge in [0.15, 0.2) is 4.90 Å². The third-order valence-corrected chi connectivity index (χ3v) is 6.75. The number of hydrogen-bond donors (Lipinski definition) is 0. The van der Waals surface area contributed by atoms with Crippen LogP contribution < -0.4 is 0 Å². The molecule has 1 aliphatic rings. The fourth-order valence-corrected chi connectivity index (χ4v) is 4.99. The Morgan fingerprint density at radius 3 is 2.37 bits per heavy atom. The van der Waals surface area contributed by atoms with Crippen molar-refractivity contribution in [1.29, 1.82) is 0 Å². The zero-order valence-corrected chi connectivity index (χ0v) is 16.3. The van der Waals surface area contributed by atoms with Gasteiger partial charge in [0.1, 0.15) is 11.6 Å². The molecule has 2 aromatic rings. The Kier molecular flexibility index (Phi) is 5.92. The first kappa shape index (κ1) is 19.9. The van der Waals surface area contributed by atoms with E-state index in [-0.39, 0.29) is 13.1 Å². The average molecular weight is 398 g/mol. The van der Waals surface area contributed by atoms with Gasteiger partial charge in [-0.1, -0.05) is 6.07 Å². The predicted molar refractivity (Wildman–Crippen MR) is 97.9 cm³/mol. The number of sulfonamides is 1. The van der Waals surface area contributed by atoms with Crippen LogP contribution in [0.1, 0.15) is 17.8 Å². The second-order valence-corrected chi connectivity index (χ2v) is 8.68. The van der Waals surface area contributed by atoms with E-state index < -0.39 is 26.6 Å². The van der Waals surface area contributed by atoms with Crippen molar-refractivity contribution < 1.29 is 17.2 Å². The summed E-state index contributed by atoms with van der Waals surface area (Å²) in [5.41, 5.74) is 2.05. The summed E-state index contributed by atoms with van der Waals surface area (Å²) in [6.07, 6.45) is 0.604. The topological polar surface area (TPSA) is 58.4 Å². The molecule has 148 valence electrons. The molecule has 0 atom stereocenters. The minimum atomic E-state index is -4.20. The fourth-order valence-electron chi connectivity index (χ4n) is 3.41. The molecule has 3 rings (SSSR count). The maximum atomic E-state index is 14.0. The van der Waals surface area contributed by atoms with E-state index in [4.69, 9.17) is 0 Å². The van der Waals surface area contributed by atoms with Crippen LogP contribution in [-0.4, -0.2) is 60.1 Å². The lowest BCUT2D eigenvalue weighted by Crippen LogP contribution is -2.36. The van der Waals surface area contributed by atoms with Gasteiger partial charge in [-0.05, 0) is 45.0 Å². The summed E-state index contributed by atoms with van der Waals surface area (Å²) < 4.78 is 56.5. The van der Waals surface area contributed by atoms with Crippen LogP contribution in [0, 0.1) is 25.5 Å². The van der Waals surface area contributed by atoms with Crippen molar-refractivity contribution in [1.82, 2.24) is 19.0 Å². The van der Waals surface area contributed by atoms with Crippen LogP contribution in [0.5, 0.6) is 0 Å². The van der Waals surface area contributed by atoms with Gasteiger partial charge >= 0.3 is 0 Å². The summed E-state index contributed by atoms with van der Waals surface area (Å²) >= 11 is 0. The van der Waals surface area contributed by atoms with Gasteiger partial charge in [0.05, 0.1) is 12.2 Å². The highest BCUT2D eigenvalue weighted by Crippen LogP contribution is 2.23. The monoisotopic (exact) mass is 398 g/mol. The summed E-state index contributed by atoms with van der Waals surface area (Å²) in [5.74, 6) is -2.11. The molecule has 1 fully saturated rings. The van der Waals surface area contributed by atoms with Crippen LogP contribution >= 0.6 is 0 Å². The lowest BCUT2D eigenvalue weighted by atomic mass is 10.3. The first-order valence-corrected chi connectivity index (χ1v) is 10.4. The molecular formula is C18H24F2N4O2S. The zero-order valence-electron chi connectivity index (χ0n) is 15.5. The highest BCUT2D eigenvalue weighted by molar-refractivity contribution is 7.89. The molecule has 1 aromatic heterocycles. The van der Waals surface area contributed by atoms with Crippen molar-refractivity contribution in [3.63, 3.8) is 0 Å². The lowest BCUT2D eigenvalue weighted by Gasteiger charge is -2.22. The lowest BCUT2D eigenvalue weighted by molar-refractivity contribution is 0.269. The third kappa shape index (κ3) is 4.36. The van der Waals surface area contributed by atoms with Crippen LogP contribution in [0.15, 0.2) is 29.2 Å². The summed E-state index contributed by atoms with van der Waals surface area (Å²) in [6.45, 7) is 7.08. The standard InChI is InChI=1S/C18H24F2N4O2S/c1-14-13-15(2)24(21-14)12-10-22-7-4-8-23(11-9-22)27(25,26)18-16(19)5-3-6-17(18)20/h3,5-6,13H,4,7-12H2,1-2H3. The van der Waals surface area contributed by atoms with Crippen LogP contribution in [0.2, 0.25) is 0 Å². The van der Waals surface area contributed by atoms with Gasteiger partial charge in [0.25, 0.3) is 0 Å². The van der Waals surface area contributed by atoms with E-state index in [1.165, 1.54) is 4.31 Å². The zero-order chi connectivity index (χ0) is 19.6. The van der Waals surface area contributed by atoms with Gasteiger partial charge in [-0.2, -0.15) is 9.40 Å². The first-order valence-electron chi connectivity index (χ1n) is 8.96. The van der Waals surface area contributed by atoms with Gasteiger partial charge in [-0.15, -0.1) is 0 Å². The minimum absolute atomic E-state index is 0.202. The smallest absolute Gasteiger partial charge is 0.248 e. The van der Waals surface area contributed by atoms with Crippen LogP contribution in [0.4, 0.5) is 8.78 Å². The number of nitrogens with zero attached hydrogens (tertiary/aromatic N) is 4. The third-order valence-electron chi connectivity index (χ3n) is 4.80. The Labute approximate surface area is 158 Å². The summed E-state index contributed by atoms with van der Waals surface area (Å²) in [5, 5.41) is 4.43. The molecule has 1 aromatic carbocycles. The van der Waals surface area contributed by atoms with Crippen molar-refractivity contribution in [2.24, 2.45) is 0 Å². The Balaban J connectivity index is 1.66. The molecule has 0 radical (unpaired) electrons. The SMILES string of the molecule is Cc1cc(C)n(CCN2CCCN(S(=O)(=O)c3c(F)cccc3F)CC2)n1. The second kappa shape index (κ2) is 8.04. The van der Waals surface area contributed by atoms with Crippen molar-refractivity contribution in [3.8, 4) is 0 Å². The van der Waals surface area contributed by atoms with Crippen molar-refractivity contribution >= 4 is 10.0 Å². The molecule has 6 nitrogen and oxygen atoms in total. The van der Waals surface area contributed by atoms with E-state index in [1.54, 1.807) is 0 Å². The Hall–Kier alpha value is -1.84. The highest BCUT2D eigenvalue weighted by atomic mass is 32.2. The molecule has 27 heavy (non-hydrogen) atoms. The van der Waals surface area contributed by atoms with Gasteiger partial charge < -0.3 is 4.90 Å². The average Bonchev–Trinajstić information content (AvgIpc) is 2.79. The van der Waals surface area contributed by atoms with Gasteiger partial charge in [0.2, 0.25) is 10.0 Å². The number of rotatable bonds is 5. The van der Waals surface area contributed by atoms with Crippen LogP contribution in [-0.2, 0) is 16.6 Å². The Morgan fingerprint density at radius 1 is 1.04 bits per heavy atom. The summed E-state index contributed by atoms with van der Waals surface area (Å²) in [6, 6.07) is 5.11. The van der Waals surface area contributed by atoms with Crippen molar-refractivity contribution in [2.45, 2.75) is 31.7 Å². The van der Waals surface area contributed by atoms with Gasteiger partial charge in [0, 0.05) is 31.9 Å². The maximum absolute atomic E-state index is 14.0. The second-order valence-electron chi connectivity index (χ2n) is 6.80. The highest BCUT2D eigenvalue weighted by Gasteiger charge is 2.31. The normalized spacial score (nSPS) is 17.2. The number of aryl methyl sites for hydroxylation is 2. The van der Waals surface area contributed by atoms with E-state index in [0.29, 0.717) is 19.5 Å². The fraction of sp³-hybridized carbons (Fsp3) is 0.500. The molecule has 0 saturated carbocycles. The predicted octanol–water partition coefficient (Wildman–Crippen LogP) is 2.17. The molecule has 0 unspecified atom stereocenters. The van der Waals surface area contributed by atoms with Crippen molar-refractivity contribution in [2.75, 3.05) is 32.7 Å². The molecule has 0 spiro atoms. The molecule has 1 saturated heterocycles. The summed E-state index contributed by atoms with van der Waals surface area (Å²) in [7, 11) is -4.20. The first-order chi connectivity index (χ1) is 12.8. The largest absolute Gasteiger partial charge is 0.300 e. The maximum Gasteiger partial charge on any atom is 0.248 e. The molecule has 1 aliphatic heterocycles. The number of benzene rings is 1. The number of hydrogen-bond acceptors (Lipinski definition) is 4. The number of halogens is 2. The Bertz CT molecular complexity index is 894. The quantitative estimate of drug-likeness (QED) is 0.775. The Morgan fingerprint density at radius 2 is 1.74 bits per heavy atom. The van der Waals surface area contributed by atoms with E-state index >= 15 is 0 Å². The van der Waals surface area contributed by atoms with Gasteiger partial charge in [-0.3, -0.25) is 4.68 Å². The summed E-state index contributed by atoms with van der Waals surface area (Å²) in [4.78, 5) is 1.30. The molecule has 0 N–H and O–H groups in total. The molecule has 0 aliphatic carbocycles. The van der Waals surface area contributed by atoms with E-state index in [0.717, 1.165) is 42.7 Å². The molecule has 0 bridgehead atoms. The number of aromatic nitrogens is 2. The molecular weight excluding hydrogens is 374 g/mol. The molecule has 0 amide bonds. The molecule has 9 heteroatoms. The van der Waals surface area contributed by atoms with E-state index in [9.17, 15) is 17.2 Å². The molecule has 2 heterocycles. The van der Waals surface area contributed by atoms with Crippen molar-refractivity contribution in [3.05, 3.63) is 47.3 Å². The van der Waals surface area contributed by atoms with Crippen LogP contribution in [0.3, 0.4) is 0 Å². The van der Waals surface area contributed by atoms with Crippen LogP contribution in [0.25, 0.3) is 0 Å². The van der Waals surface area contributed by atoms with Gasteiger partial charge in [-0.25, -0.2) is 17.2 Å². The minimum Gasteiger partial charge on any atom is -0.300 e. The van der Waals surface area contributed by atoms with E-state index in [2.05, 4.69) is 10.00 Å². The van der Waals surface area contributed by atoms with E-state index in [1.807, 2.05) is 24.6 Å².